The van der Waals surface area contributed by atoms with Gasteiger partial charge in [0.25, 0.3) is 0 Å². The minimum Gasteiger partial charge on any atom is -0.497 e. The number of fused-ring (bicyclic) bond motifs is 1. The van der Waals surface area contributed by atoms with E-state index in [1.165, 1.54) is 24.0 Å². The van der Waals surface area contributed by atoms with E-state index >= 15 is 0 Å². The molecule has 134 valence electrons. The first-order chi connectivity index (χ1) is 12.1. The Balaban J connectivity index is 1.64. The van der Waals surface area contributed by atoms with Crippen LogP contribution in [0.25, 0.3) is 0 Å². The zero-order valence-corrected chi connectivity index (χ0v) is 15.0. The molecule has 1 saturated heterocycles. The monoisotopic (exact) mass is 341 g/mol. The highest BCUT2D eigenvalue weighted by Crippen LogP contribution is 2.58. The quantitative estimate of drug-likeness (QED) is 0.917. The number of aliphatic hydroxyl groups is 1. The number of hydrogen-bond donors (Lipinski definition) is 1. The Morgan fingerprint density at radius 2 is 2.16 bits per heavy atom. The molecule has 1 aliphatic heterocycles. The number of ketones is 1. The van der Waals surface area contributed by atoms with Crippen molar-refractivity contribution >= 4 is 5.78 Å². The lowest BCUT2D eigenvalue weighted by Crippen LogP contribution is -2.73. The van der Waals surface area contributed by atoms with E-state index in [-0.39, 0.29) is 6.04 Å². The highest BCUT2D eigenvalue weighted by atomic mass is 16.5. The molecular formula is C21H27NO3. The second-order valence-electron chi connectivity index (χ2n) is 8.65. The molecule has 2 bridgehead atoms. The van der Waals surface area contributed by atoms with Crippen molar-refractivity contribution in [3.8, 4) is 5.75 Å². The number of carbonyl (C=O) groups is 1. The van der Waals surface area contributed by atoms with Gasteiger partial charge >= 0.3 is 0 Å². The van der Waals surface area contributed by atoms with E-state index in [1.807, 2.05) is 6.07 Å². The maximum Gasteiger partial charge on any atom is 0.134 e. The standard InChI is InChI=1S/C21H27NO3/c1-25-17-5-4-15-10-19-21(24)7-6-16(23)12-20(21,18(15)11-17)8-9-22(19)13-14-2-3-14/h4-5,11,14,19,24H,2-3,6-10,12-13H2,1H3. The molecule has 4 aliphatic rings. The fourth-order valence-corrected chi connectivity index (χ4v) is 5.86. The average Bonchev–Trinajstić information content (AvgIpc) is 3.42. The predicted octanol–water partition coefficient (Wildman–Crippen LogP) is 2.46. The third kappa shape index (κ3) is 2.16. The summed E-state index contributed by atoms with van der Waals surface area (Å²) in [7, 11) is 1.68. The van der Waals surface area contributed by atoms with Gasteiger partial charge in [0.05, 0.1) is 12.7 Å². The third-order valence-electron chi connectivity index (χ3n) is 7.37. The lowest BCUT2D eigenvalue weighted by molar-refractivity contribution is -0.173. The number of benzene rings is 1. The van der Waals surface area contributed by atoms with Crippen LogP contribution in [-0.2, 0) is 16.6 Å². The normalized spacial score (nSPS) is 37.4. The van der Waals surface area contributed by atoms with E-state index in [1.54, 1.807) is 7.11 Å². The number of carbonyl (C=O) groups excluding carboxylic acids is 1. The lowest BCUT2D eigenvalue weighted by Gasteiger charge is -2.63. The van der Waals surface area contributed by atoms with Crippen LogP contribution in [0, 0.1) is 5.92 Å². The maximum absolute atomic E-state index is 12.4. The number of nitrogens with zero attached hydrogens (tertiary/aromatic N) is 1. The van der Waals surface area contributed by atoms with Gasteiger partial charge in [-0.3, -0.25) is 9.69 Å². The largest absolute Gasteiger partial charge is 0.497 e. The van der Waals surface area contributed by atoms with Crippen LogP contribution in [0.3, 0.4) is 0 Å². The van der Waals surface area contributed by atoms with E-state index in [0.717, 1.165) is 37.6 Å². The van der Waals surface area contributed by atoms with E-state index in [0.29, 0.717) is 25.0 Å². The number of methoxy groups -OCH3 is 1. The smallest absolute Gasteiger partial charge is 0.134 e. The number of piperidine rings is 1. The van der Waals surface area contributed by atoms with Crippen LogP contribution in [0.15, 0.2) is 18.2 Å². The summed E-state index contributed by atoms with van der Waals surface area (Å²) in [5.74, 6) is 1.95. The molecule has 3 aliphatic carbocycles. The van der Waals surface area contributed by atoms with Crippen molar-refractivity contribution in [1.82, 2.24) is 4.90 Å². The molecular weight excluding hydrogens is 314 g/mol. The summed E-state index contributed by atoms with van der Waals surface area (Å²) < 4.78 is 5.46. The number of hydrogen-bond acceptors (Lipinski definition) is 4. The first-order valence-electron chi connectivity index (χ1n) is 9.71. The number of rotatable bonds is 3. The summed E-state index contributed by atoms with van der Waals surface area (Å²) >= 11 is 0. The fourth-order valence-electron chi connectivity index (χ4n) is 5.86. The van der Waals surface area contributed by atoms with E-state index in [2.05, 4.69) is 17.0 Å². The Hall–Kier alpha value is -1.39. The van der Waals surface area contributed by atoms with Gasteiger partial charge in [-0.15, -0.1) is 0 Å². The summed E-state index contributed by atoms with van der Waals surface area (Å²) in [6, 6.07) is 6.41. The molecule has 4 nitrogen and oxygen atoms in total. The van der Waals surface area contributed by atoms with Crippen molar-refractivity contribution in [3.05, 3.63) is 29.3 Å². The molecule has 2 saturated carbocycles. The van der Waals surface area contributed by atoms with Crippen LogP contribution in [-0.4, -0.2) is 47.6 Å². The SMILES string of the molecule is COc1ccc2c(c1)C13CCN(CC4CC4)C(C2)C1(O)CCC(=O)C3. The second kappa shape index (κ2) is 5.31. The van der Waals surface area contributed by atoms with Crippen molar-refractivity contribution in [2.75, 3.05) is 20.2 Å². The van der Waals surface area contributed by atoms with Crippen LogP contribution in [0.5, 0.6) is 5.75 Å². The Morgan fingerprint density at radius 3 is 2.92 bits per heavy atom. The highest BCUT2D eigenvalue weighted by Gasteiger charge is 2.64. The van der Waals surface area contributed by atoms with Crippen LogP contribution < -0.4 is 4.74 Å². The molecule has 0 amide bonds. The number of Topliss-reactive ketones (excluding diaryl/α,β-unsaturated/α-hetero) is 1. The van der Waals surface area contributed by atoms with Gasteiger partial charge in [0.1, 0.15) is 11.5 Å². The van der Waals surface area contributed by atoms with Crippen LogP contribution >= 0.6 is 0 Å². The van der Waals surface area contributed by atoms with Crippen molar-refractivity contribution in [2.24, 2.45) is 5.92 Å². The van der Waals surface area contributed by atoms with Gasteiger partial charge in [0.2, 0.25) is 0 Å². The Labute approximate surface area is 149 Å². The molecule has 3 atom stereocenters. The van der Waals surface area contributed by atoms with Crippen molar-refractivity contribution < 1.29 is 14.6 Å². The van der Waals surface area contributed by atoms with Gasteiger partial charge in [0, 0.05) is 30.8 Å². The molecule has 0 radical (unpaired) electrons. The van der Waals surface area contributed by atoms with E-state index in [4.69, 9.17) is 4.74 Å². The molecule has 4 heteroatoms. The molecule has 25 heavy (non-hydrogen) atoms. The predicted molar refractivity (Wildman–Crippen MR) is 94.9 cm³/mol. The minimum atomic E-state index is -0.784. The number of likely N-dealkylation sites (tertiary alicyclic amines) is 1. The average molecular weight is 341 g/mol. The highest BCUT2D eigenvalue weighted by molar-refractivity contribution is 5.82. The van der Waals surface area contributed by atoms with E-state index in [9.17, 15) is 9.90 Å². The van der Waals surface area contributed by atoms with Gasteiger partial charge in [-0.1, -0.05) is 6.07 Å². The summed E-state index contributed by atoms with van der Waals surface area (Å²) in [5.41, 5.74) is 1.26. The zero-order valence-electron chi connectivity index (χ0n) is 15.0. The van der Waals surface area contributed by atoms with Gasteiger partial charge in [-0.25, -0.2) is 0 Å². The van der Waals surface area contributed by atoms with Gasteiger partial charge in [0.15, 0.2) is 0 Å². The Kier molecular flexibility index (Phi) is 3.36. The van der Waals surface area contributed by atoms with Crippen molar-refractivity contribution in [3.63, 3.8) is 0 Å². The maximum atomic E-state index is 12.4. The van der Waals surface area contributed by atoms with Gasteiger partial charge < -0.3 is 9.84 Å². The first kappa shape index (κ1) is 15.8. The summed E-state index contributed by atoms with van der Waals surface area (Å²) in [6.07, 6.45) is 6.03. The number of ether oxygens (including phenoxy) is 1. The Morgan fingerprint density at radius 1 is 1.32 bits per heavy atom. The Bertz CT molecular complexity index is 728. The molecule has 1 aromatic carbocycles. The van der Waals surface area contributed by atoms with Crippen LogP contribution in [0.2, 0.25) is 0 Å². The van der Waals surface area contributed by atoms with Crippen molar-refractivity contribution in [1.29, 1.82) is 0 Å². The first-order valence-corrected chi connectivity index (χ1v) is 9.71. The fraction of sp³-hybridized carbons (Fsp3) is 0.667. The summed E-state index contributed by atoms with van der Waals surface area (Å²) in [6.45, 7) is 2.11. The van der Waals surface area contributed by atoms with Crippen LogP contribution in [0.4, 0.5) is 0 Å². The molecule has 5 rings (SSSR count). The minimum absolute atomic E-state index is 0.149. The molecule has 3 unspecified atom stereocenters. The molecule has 0 spiro atoms. The molecule has 1 aromatic rings. The van der Waals surface area contributed by atoms with Gasteiger partial charge in [-0.05, 0) is 67.8 Å². The summed E-state index contributed by atoms with van der Waals surface area (Å²) in [4.78, 5) is 15.0. The van der Waals surface area contributed by atoms with Crippen LogP contribution in [0.1, 0.15) is 49.7 Å². The van der Waals surface area contributed by atoms with Gasteiger partial charge in [-0.2, -0.15) is 0 Å². The topological polar surface area (TPSA) is 49.8 Å². The summed E-state index contributed by atoms with van der Waals surface area (Å²) in [5, 5.41) is 12.0. The lowest BCUT2D eigenvalue weighted by atomic mass is 9.49. The zero-order chi connectivity index (χ0) is 17.2. The van der Waals surface area contributed by atoms with E-state index < -0.39 is 11.0 Å². The molecule has 0 aromatic heterocycles. The molecule has 1 N–H and O–H groups in total. The third-order valence-corrected chi connectivity index (χ3v) is 7.37. The second-order valence-corrected chi connectivity index (χ2v) is 8.65. The van der Waals surface area contributed by atoms with Crippen molar-refractivity contribution in [2.45, 2.75) is 62.0 Å². The molecule has 3 fully saturated rings. The molecule has 1 heterocycles.